The lowest BCUT2D eigenvalue weighted by molar-refractivity contribution is 1.19. The van der Waals surface area contributed by atoms with Crippen molar-refractivity contribution in [3.63, 3.8) is 0 Å². The van der Waals surface area contributed by atoms with Gasteiger partial charge in [0.2, 0.25) is 0 Å². The average Bonchev–Trinajstić information content (AvgIpc) is 1.59. The molecule has 0 aliphatic rings. The van der Waals surface area contributed by atoms with Gasteiger partial charge in [-0.2, -0.15) is 0 Å². The third kappa shape index (κ3) is 11.7. The second-order valence-electron chi connectivity index (χ2n) is 29.4. The van der Waals surface area contributed by atoms with Crippen LogP contribution in [0.4, 0.5) is 0 Å². The predicted octanol–water partition coefficient (Wildman–Crippen LogP) is 30.1. The van der Waals surface area contributed by atoms with Crippen LogP contribution in [0.25, 0.3) is 203 Å². The van der Waals surface area contributed by atoms with Gasteiger partial charge in [0.05, 0.1) is 33.1 Å². The minimum absolute atomic E-state index is 1.17. The van der Waals surface area contributed by atoms with E-state index in [1.54, 1.807) is 0 Å². The lowest BCUT2D eigenvalue weighted by atomic mass is 9.95. The van der Waals surface area contributed by atoms with Crippen LogP contribution in [0.5, 0.6) is 0 Å². The van der Waals surface area contributed by atoms with Gasteiger partial charge in [0, 0.05) is 65.5 Å². The Labute approximate surface area is 655 Å². The Balaban J connectivity index is 0.000000107. The van der Waals surface area contributed by atoms with Crippen molar-refractivity contribution in [3.05, 3.63) is 443 Å². The molecule has 113 heavy (non-hydrogen) atoms. The van der Waals surface area contributed by atoms with Crippen LogP contribution in [0.3, 0.4) is 0 Å². The first-order chi connectivity index (χ1) is 56.1. The Bertz CT molecular complexity index is 7550. The quantitative estimate of drug-likeness (QED) is 0.137. The minimum Gasteiger partial charge on any atom is -0.309 e. The smallest absolute Gasteiger partial charge is 0.0619 e. The zero-order valence-electron chi connectivity index (χ0n) is 62.0. The second kappa shape index (κ2) is 28.3. The highest BCUT2D eigenvalue weighted by molar-refractivity contribution is 6.25. The Morgan fingerprint density at radius 1 is 0.124 bits per heavy atom. The van der Waals surface area contributed by atoms with Crippen molar-refractivity contribution >= 4 is 119 Å². The molecular formula is C110H73N3. The molecule has 0 radical (unpaired) electrons. The molecule has 0 bridgehead atoms. The van der Waals surface area contributed by atoms with Gasteiger partial charge < -0.3 is 13.7 Å². The molecule has 0 atom stereocenters. The number of para-hydroxylation sites is 3. The van der Waals surface area contributed by atoms with E-state index in [0.717, 1.165) is 0 Å². The average molecular weight is 1440 g/mol. The third-order valence-electron chi connectivity index (χ3n) is 22.9. The molecule has 0 fully saturated rings. The van der Waals surface area contributed by atoms with Gasteiger partial charge in [-0.3, -0.25) is 0 Å². The summed E-state index contributed by atoms with van der Waals surface area (Å²) in [7, 11) is 0. The van der Waals surface area contributed by atoms with E-state index in [1.807, 2.05) is 0 Å². The zero-order chi connectivity index (χ0) is 74.7. The fourth-order valence-electron chi connectivity index (χ4n) is 17.7. The number of benzene rings is 20. The monoisotopic (exact) mass is 1440 g/mol. The molecule has 3 heteroatoms. The summed E-state index contributed by atoms with van der Waals surface area (Å²) >= 11 is 0. The zero-order valence-corrected chi connectivity index (χ0v) is 62.0. The highest BCUT2D eigenvalue weighted by Crippen LogP contribution is 2.46. The van der Waals surface area contributed by atoms with Crippen molar-refractivity contribution in [3.8, 4) is 83.8 Å². The van der Waals surface area contributed by atoms with Crippen molar-refractivity contribution in [2.75, 3.05) is 0 Å². The number of rotatable bonds is 9. The topological polar surface area (TPSA) is 14.8 Å². The van der Waals surface area contributed by atoms with E-state index in [0.29, 0.717) is 0 Å². The molecular weight excluding hydrogens is 1360 g/mol. The molecule has 0 unspecified atom stereocenters. The van der Waals surface area contributed by atoms with Gasteiger partial charge in [-0.15, -0.1) is 0 Å². The summed E-state index contributed by atoms with van der Waals surface area (Å²) in [6, 6.07) is 160. The maximum Gasteiger partial charge on any atom is 0.0619 e. The number of nitrogens with zero attached hydrogens (tertiary/aromatic N) is 3. The predicted molar refractivity (Wildman–Crippen MR) is 482 cm³/mol. The van der Waals surface area contributed by atoms with Crippen LogP contribution in [0, 0.1) is 0 Å². The molecule has 3 heterocycles. The lowest BCUT2D eigenvalue weighted by Crippen LogP contribution is -1.95. The lowest BCUT2D eigenvalue weighted by Gasteiger charge is -2.14. The first kappa shape index (κ1) is 66.3. The number of hydrogen-bond donors (Lipinski definition) is 0. The minimum atomic E-state index is 1.17. The van der Waals surface area contributed by atoms with Gasteiger partial charge >= 0.3 is 0 Å². The van der Waals surface area contributed by atoms with Gasteiger partial charge in [-0.05, 0) is 183 Å². The molecule has 0 N–H and O–H groups in total. The van der Waals surface area contributed by atoms with Crippen LogP contribution >= 0.6 is 0 Å². The summed E-state index contributed by atoms with van der Waals surface area (Å²) in [5.74, 6) is 0. The van der Waals surface area contributed by atoms with Crippen molar-refractivity contribution in [1.82, 2.24) is 13.7 Å². The van der Waals surface area contributed by atoms with E-state index in [1.165, 1.54) is 203 Å². The Morgan fingerprint density at radius 2 is 0.416 bits per heavy atom. The molecule has 0 amide bonds. The first-order valence-corrected chi connectivity index (χ1v) is 39.0. The molecule has 23 aromatic rings. The van der Waals surface area contributed by atoms with Crippen molar-refractivity contribution in [2.45, 2.75) is 0 Å². The van der Waals surface area contributed by atoms with Gasteiger partial charge in [-0.1, -0.05) is 364 Å². The molecule has 3 aromatic heterocycles. The van der Waals surface area contributed by atoms with Crippen molar-refractivity contribution < 1.29 is 0 Å². The van der Waals surface area contributed by atoms with Gasteiger partial charge in [0.15, 0.2) is 0 Å². The van der Waals surface area contributed by atoms with Crippen molar-refractivity contribution in [2.24, 2.45) is 0 Å². The van der Waals surface area contributed by atoms with E-state index in [-0.39, 0.29) is 0 Å². The van der Waals surface area contributed by atoms with E-state index >= 15 is 0 Å². The summed E-state index contributed by atoms with van der Waals surface area (Å²) in [6.45, 7) is 0. The standard InChI is InChI=1S/2C38H25N.C34H23N/c1-2-11-27(12-3-1)35-25-36-33-17-8-9-20-37(33)39(38(36)34-18-7-6-16-32(34)35)29-23-21-28(22-24-29)31-19-10-14-26-13-4-5-15-30(26)31;1-2-11-28(12-3-1)35-25-36-33-15-8-9-17-37(33)39(38(36)34-16-7-6-14-32(34)35)31-22-20-27(21-23-31)30-19-18-26-10-4-5-13-29(26)24-30;1-3-12-24(13-4-1)26-16-11-17-27(22-26)35-33-21-10-9-19-29(33)32-23-31(25-14-5-2-6-15-25)28-18-7-8-20-30(28)34(32)35/h2*1-25H;1-23H. The van der Waals surface area contributed by atoms with Crippen LogP contribution in [-0.4, -0.2) is 13.7 Å². The van der Waals surface area contributed by atoms with Gasteiger partial charge in [0.1, 0.15) is 0 Å². The maximum atomic E-state index is 2.44. The molecule has 0 aliphatic carbocycles. The molecule has 3 nitrogen and oxygen atoms in total. The molecule has 528 valence electrons. The summed E-state index contributed by atoms with van der Waals surface area (Å²) < 4.78 is 7.31. The van der Waals surface area contributed by atoms with Crippen LogP contribution in [-0.2, 0) is 0 Å². The highest BCUT2D eigenvalue weighted by Gasteiger charge is 2.23. The number of aromatic nitrogens is 3. The summed E-state index contributed by atoms with van der Waals surface area (Å²) in [6.07, 6.45) is 0. The largest absolute Gasteiger partial charge is 0.309 e. The van der Waals surface area contributed by atoms with Crippen molar-refractivity contribution in [1.29, 1.82) is 0 Å². The van der Waals surface area contributed by atoms with Crippen LogP contribution in [0.1, 0.15) is 0 Å². The Kier molecular flexibility index (Phi) is 16.6. The number of fused-ring (bicyclic) bond motifs is 17. The van der Waals surface area contributed by atoms with Crippen LogP contribution < -0.4 is 0 Å². The fourth-order valence-corrected chi connectivity index (χ4v) is 17.7. The summed E-state index contributed by atoms with van der Waals surface area (Å²) in [5.41, 5.74) is 25.9. The first-order valence-electron chi connectivity index (χ1n) is 39.0. The fraction of sp³-hybridized carbons (Fsp3) is 0. The maximum absolute atomic E-state index is 2.44. The Hall–Kier alpha value is -14.9. The third-order valence-corrected chi connectivity index (χ3v) is 22.9. The Morgan fingerprint density at radius 3 is 0.867 bits per heavy atom. The van der Waals surface area contributed by atoms with Crippen LogP contribution in [0.2, 0.25) is 0 Å². The van der Waals surface area contributed by atoms with E-state index in [9.17, 15) is 0 Å². The summed E-state index contributed by atoms with van der Waals surface area (Å²) in [5, 5.41) is 20.4. The van der Waals surface area contributed by atoms with Gasteiger partial charge in [0.25, 0.3) is 0 Å². The normalized spacial score (nSPS) is 11.5. The molecule has 0 aliphatic heterocycles. The second-order valence-corrected chi connectivity index (χ2v) is 29.4. The molecule has 0 saturated heterocycles. The van der Waals surface area contributed by atoms with Crippen LogP contribution in [0.15, 0.2) is 443 Å². The molecule has 20 aromatic carbocycles. The highest BCUT2D eigenvalue weighted by atomic mass is 15.0. The van der Waals surface area contributed by atoms with E-state index in [4.69, 9.17) is 0 Å². The molecule has 0 spiro atoms. The molecule has 23 rings (SSSR count). The SMILES string of the molecule is c1ccc(-c2cc3c4ccccc4n(-c4ccc(-c5ccc6ccccc6c5)cc4)c3c3ccccc23)cc1.c1ccc(-c2cc3c4ccccc4n(-c4ccc(-c5cccc6ccccc56)cc4)c3c3ccccc23)cc1.c1ccc(-c2cccc(-n3c4ccccc4c4cc(-c5ccccc5)c5ccccc5c43)c2)cc1. The molecule has 0 saturated carbocycles. The summed E-state index contributed by atoms with van der Waals surface area (Å²) in [4.78, 5) is 0. The van der Waals surface area contributed by atoms with E-state index in [2.05, 4.69) is 457 Å². The van der Waals surface area contributed by atoms with E-state index < -0.39 is 0 Å². The van der Waals surface area contributed by atoms with Gasteiger partial charge in [-0.25, -0.2) is 0 Å². The number of hydrogen-bond acceptors (Lipinski definition) is 0.